The van der Waals surface area contributed by atoms with E-state index in [1.807, 2.05) is 6.07 Å². The highest BCUT2D eigenvalue weighted by molar-refractivity contribution is 5.25. The van der Waals surface area contributed by atoms with Gasteiger partial charge in [-0.05, 0) is 32.0 Å². The van der Waals surface area contributed by atoms with Crippen molar-refractivity contribution in [3.8, 4) is 0 Å². The van der Waals surface area contributed by atoms with Gasteiger partial charge in [-0.2, -0.15) is 0 Å². The fourth-order valence-electron chi connectivity index (χ4n) is 2.72. The molecule has 96 valence electrons. The average Bonchev–Trinajstić information content (AvgIpc) is 2.36. The maximum atomic E-state index is 6.60. The fraction of sp³-hybridized carbons (Fsp3) is 0.600. The molecule has 0 amide bonds. The van der Waals surface area contributed by atoms with Crippen LogP contribution in [0.5, 0.6) is 0 Å². The Bertz CT molecular complexity index is 315. The third-order valence-electron chi connectivity index (χ3n) is 3.73. The van der Waals surface area contributed by atoms with Gasteiger partial charge in [0.25, 0.3) is 0 Å². The smallest absolute Gasteiger partial charge is 0.0538 e. The van der Waals surface area contributed by atoms with Gasteiger partial charge in [-0.25, -0.2) is 0 Å². The lowest BCUT2D eigenvalue weighted by Gasteiger charge is -2.41. The maximum absolute atomic E-state index is 6.60. The monoisotopic (exact) mass is 234 g/mol. The summed E-state index contributed by atoms with van der Waals surface area (Å²) in [5.74, 6) is 0. The van der Waals surface area contributed by atoms with E-state index >= 15 is 0 Å². The SMILES string of the molecule is CCC(N(CC)CC)C(C)(N)c1ccccc1. The van der Waals surface area contributed by atoms with Crippen molar-refractivity contribution < 1.29 is 0 Å². The third-order valence-corrected chi connectivity index (χ3v) is 3.73. The molecule has 0 aromatic heterocycles. The lowest BCUT2D eigenvalue weighted by Crippen LogP contribution is -2.54. The van der Waals surface area contributed by atoms with E-state index in [1.54, 1.807) is 0 Å². The molecule has 1 aromatic rings. The summed E-state index contributed by atoms with van der Waals surface area (Å²) in [4.78, 5) is 2.45. The number of hydrogen-bond acceptors (Lipinski definition) is 2. The van der Waals surface area contributed by atoms with Crippen LogP contribution in [0.25, 0.3) is 0 Å². The molecule has 0 saturated heterocycles. The van der Waals surface area contributed by atoms with Gasteiger partial charge in [0.15, 0.2) is 0 Å². The molecular weight excluding hydrogens is 208 g/mol. The van der Waals surface area contributed by atoms with E-state index in [4.69, 9.17) is 5.73 Å². The van der Waals surface area contributed by atoms with Crippen LogP contribution in [-0.4, -0.2) is 24.0 Å². The standard InChI is InChI=1S/C15H26N2/c1-5-14(17(6-2)7-3)15(4,16)13-11-9-8-10-12-13/h8-12,14H,5-7,16H2,1-4H3. The number of nitrogens with two attached hydrogens (primary N) is 1. The van der Waals surface area contributed by atoms with Gasteiger partial charge in [-0.15, -0.1) is 0 Å². The van der Waals surface area contributed by atoms with Crippen molar-refractivity contribution in [2.75, 3.05) is 13.1 Å². The number of rotatable bonds is 6. The van der Waals surface area contributed by atoms with Crippen LogP contribution < -0.4 is 5.73 Å². The van der Waals surface area contributed by atoms with Crippen LogP contribution in [0.15, 0.2) is 30.3 Å². The number of likely N-dealkylation sites (N-methyl/N-ethyl adjacent to an activating group) is 1. The summed E-state index contributed by atoms with van der Waals surface area (Å²) in [6, 6.07) is 10.8. The quantitative estimate of drug-likeness (QED) is 0.820. The Hall–Kier alpha value is -0.860. The Morgan fingerprint density at radius 2 is 1.65 bits per heavy atom. The van der Waals surface area contributed by atoms with E-state index in [0.29, 0.717) is 6.04 Å². The lowest BCUT2D eigenvalue weighted by molar-refractivity contribution is 0.135. The summed E-state index contributed by atoms with van der Waals surface area (Å²) in [5, 5.41) is 0. The van der Waals surface area contributed by atoms with Crippen molar-refractivity contribution >= 4 is 0 Å². The van der Waals surface area contributed by atoms with Crippen molar-refractivity contribution in [2.45, 2.75) is 45.7 Å². The number of nitrogens with zero attached hydrogens (tertiary/aromatic N) is 1. The first-order chi connectivity index (χ1) is 8.07. The maximum Gasteiger partial charge on any atom is 0.0538 e. The minimum absolute atomic E-state index is 0.290. The van der Waals surface area contributed by atoms with E-state index in [9.17, 15) is 0 Å². The van der Waals surface area contributed by atoms with E-state index in [2.05, 4.69) is 56.9 Å². The van der Waals surface area contributed by atoms with Gasteiger partial charge in [0.2, 0.25) is 0 Å². The molecule has 0 aliphatic rings. The Morgan fingerprint density at radius 3 is 2.06 bits per heavy atom. The van der Waals surface area contributed by atoms with Crippen LogP contribution in [-0.2, 0) is 5.54 Å². The summed E-state index contributed by atoms with van der Waals surface area (Å²) < 4.78 is 0. The first-order valence-electron chi connectivity index (χ1n) is 6.66. The zero-order chi connectivity index (χ0) is 12.9. The predicted molar refractivity (Wildman–Crippen MR) is 75.0 cm³/mol. The van der Waals surface area contributed by atoms with E-state index in [0.717, 1.165) is 19.5 Å². The molecular formula is C15H26N2. The first kappa shape index (κ1) is 14.2. The highest BCUT2D eigenvalue weighted by Gasteiger charge is 2.33. The molecule has 0 aliphatic carbocycles. The van der Waals surface area contributed by atoms with Crippen LogP contribution in [0.1, 0.15) is 39.7 Å². The van der Waals surface area contributed by atoms with Crippen molar-refractivity contribution in [1.82, 2.24) is 4.90 Å². The summed E-state index contributed by atoms with van der Waals surface area (Å²) in [6.45, 7) is 10.9. The summed E-state index contributed by atoms with van der Waals surface area (Å²) in [6.07, 6.45) is 1.07. The Kier molecular flexibility index (Phi) is 5.16. The van der Waals surface area contributed by atoms with Gasteiger partial charge in [0.05, 0.1) is 5.54 Å². The largest absolute Gasteiger partial charge is 0.320 e. The normalized spacial score (nSPS) is 16.8. The van der Waals surface area contributed by atoms with Gasteiger partial charge in [-0.3, -0.25) is 4.90 Å². The fourth-order valence-corrected chi connectivity index (χ4v) is 2.72. The summed E-state index contributed by atoms with van der Waals surface area (Å²) in [5.41, 5.74) is 7.53. The predicted octanol–water partition coefficient (Wildman–Crippen LogP) is 2.98. The second-order valence-electron chi connectivity index (χ2n) is 4.79. The lowest BCUT2D eigenvalue weighted by atomic mass is 9.83. The number of hydrogen-bond donors (Lipinski definition) is 1. The van der Waals surface area contributed by atoms with Crippen LogP contribution in [0, 0.1) is 0 Å². The van der Waals surface area contributed by atoms with Crippen molar-refractivity contribution in [2.24, 2.45) is 5.73 Å². The van der Waals surface area contributed by atoms with Gasteiger partial charge >= 0.3 is 0 Å². The average molecular weight is 234 g/mol. The molecule has 0 heterocycles. The number of benzene rings is 1. The molecule has 2 nitrogen and oxygen atoms in total. The molecule has 0 bridgehead atoms. The second kappa shape index (κ2) is 6.18. The van der Waals surface area contributed by atoms with Gasteiger partial charge < -0.3 is 5.73 Å². The van der Waals surface area contributed by atoms with Crippen LogP contribution >= 0.6 is 0 Å². The van der Waals surface area contributed by atoms with Crippen molar-refractivity contribution in [1.29, 1.82) is 0 Å². The van der Waals surface area contributed by atoms with Crippen LogP contribution in [0.3, 0.4) is 0 Å². The molecule has 1 aromatic carbocycles. The molecule has 0 saturated carbocycles. The molecule has 17 heavy (non-hydrogen) atoms. The third kappa shape index (κ3) is 3.08. The zero-order valence-electron chi connectivity index (χ0n) is 11.6. The van der Waals surface area contributed by atoms with Crippen molar-refractivity contribution in [3.05, 3.63) is 35.9 Å². The molecule has 0 radical (unpaired) electrons. The van der Waals surface area contributed by atoms with E-state index in [-0.39, 0.29) is 5.54 Å². The highest BCUT2D eigenvalue weighted by Crippen LogP contribution is 2.27. The van der Waals surface area contributed by atoms with E-state index in [1.165, 1.54) is 5.56 Å². The van der Waals surface area contributed by atoms with E-state index < -0.39 is 0 Å². The minimum Gasteiger partial charge on any atom is -0.320 e. The zero-order valence-corrected chi connectivity index (χ0v) is 11.6. The van der Waals surface area contributed by atoms with Crippen LogP contribution in [0.4, 0.5) is 0 Å². The Morgan fingerprint density at radius 1 is 1.12 bits per heavy atom. The molecule has 0 spiro atoms. The second-order valence-corrected chi connectivity index (χ2v) is 4.79. The van der Waals surface area contributed by atoms with Crippen molar-refractivity contribution in [3.63, 3.8) is 0 Å². The molecule has 2 N–H and O–H groups in total. The highest BCUT2D eigenvalue weighted by atomic mass is 15.2. The minimum atomic E-state index is -0.290. The van der Waals surface area contributed by atoms with Crippen LogP contribution in [0.2, 0.25) is 0 Å². The summed E-state index contributed by atoms with van der Waals surface area (Å²) in [7, 11) is 0. The summed E-state index contributed by atoms with van der Waals surface area (Å²) >= 11 is 0. The molecule has 2 heteroatoms. The molecule has 2 atom stereocenters. The molecule has 2 unspecified atom stereocenters. The molecule has 0 aliphatic heterocycles. The van der Waals surface area contributed by atoms with Gasteiger partial charge in [0.1, 0.15) is 0 Å². The van der Waals surface area contributed by atoms with Gasteiger partial charge in [-0.1, -0.05) is 51.1 Å². The topological polar surface area (TPSA) is 29.3 Å². The Balaban J connectivity index is 3.01. The molecule has 0 fully saturated rings. The van der Waals surface area contributed by atoms with Gasteiger partial charge in [0, 0.05) is 6.04 Å². The molecule has 1 rings (SSSR count). The first-order valence-corrected chi connectivity index (χ1v) is 6.66. The Labute approximate surface area is 106 Å².